The lowest BCUT2D eigenvalue weighted by atomic mass is 10.1. The van der Waals surface area contributed by atoms with Gasteiger partial charge < -0.3 is 5.32 Å². The van der Waals surface area contributed by atoms with Gasteiger partial charge in [-0.05, 0) is 18.5 Å². The van der Waals surface area contributed by atoms with Crippen molar-refractivity contribution in [3.05, 3.63) is 45.9 Å². The second-order valence-corrected chi connectivity index (χ2v) is 5.25. The van der Waals surface area contributed by atoms with Crippen LogP contribution in [-0.2, 0) is 6.18 Å². The summed E-state index contributed by atoms with van der Waals surface area (Å²) in [6.45, 7) is 2.69. The van der Waals surface area contributed by atoms with Crippen molar-refractivity contribution in [1.82, 2.24) is 15.5 Å². The Balaban J connectivity index is 2.29. The lowest BCUT2D eigenvalue weighted by Gasteiger charge is -2.15. The van der Waals surface area contributed by atoms with Gasteiger partial charge in [-0.3, -0.25) is 0 Å². The van der Waals surface area contributed by atoms with Gasteiger partial charge in [0, 0.05) is 0 Å². The van der Waals surface area contributed by atoms with Gasteiger partial charge in [0.25, 0.3) is 0 Å². The Labute approximate surface area is 118 Å². The summed E-state index contributed by atoms with van der Waals surface area (Å²) in [7, 11) is 0. The maximum Gasteiger partial charge on any atom is 0.445 e. The van der Waals surface area contributed by atoms with E-state index < -0.39 is 11.2 Å². The minimum absolute atomic E-state index is 0.331. The largest absolute Gasteiger partial charge is 0.445 e. The topological polar surface area (TPSA) is 37.8 Å². The fraction of sp³-hybridized carbons (Fsp3) is 0.385. The molecule has 0 radical (unpaired) electrons. The fourth-order valence-electron chi connectivity index (χ4n) is 1.75. The van der Waals surface area contributed by atoms with E-state index in [9.17, 15) is 13.2 Å². The first-order chi connectivity index (χ1) is 9.52. The van der Waals surface area contributed by atoms with E-state index in [1.165, 1.54) is 0 Å². The van der Waals surface area contributed by atoms with Gasteiger partial charge in [0.15, 0.2) is 0 Å². The van der Waals surface area contributed by atoms with Gasteiger partial charge >= 0.3 is 6.18 Å². The molecule has 1 heterocycles. The minimum Gasteiger partial charge on any atom is -0.304 e. The lowest BCUT2D eigenvalue weighted by molar-refractivity contribution is -0.138. The summed E-state index contributed by atoms with van der Waals surface area (Å²) < 4.78 is 37.8. The van der Waals surface area contributed by atoms with Crippen molar-refractivity contribution in [2.45, 2.75) is 25.6 Å². The molecule has 7 heteroatoms. The molecule has 1 unspecified atom stereocenters. The molecule has 2 aromatic rings. The van der Waals surface area contributed by atoms with Crippen molar-refractivity contribution >= 4 is 11.3 Å². The molecule has 1 N–H and O–H groups in total. The molecule has 0 saturated heterocycles. The Morgan fingerprint density at radius 2 is 1.90 bits per heavy atom. The van der Waals surface area contributed by atoms with Crippen LogP contribution in [0.4, 0.5) is 13.2 Å². The molecule has 0 saturated carbocycles. The molecule has 1 atom stereocenters. The van der Waals surface area contributed by atoms with Crippen LogP contribution < -0.4 is 5.32 Å². The number of halogens is 3. The highest BCUT2D eigenvalue weighted by atomic mass is 32.1. The third-order valence-electron chi connectivity index (χ3n) is 2.66. The highest BCUT2D eigenvalue weighted by molar-refractivity contribution is 7.11. The zero-order valence-corrected chi connectivity index (χ0v) is 11.6. The van der Waals surface area contributed by atoms with Crippen LogP contribution in [0.3, 0.4) is 0 Å². The molecule has 0 aliphatic rings. The molecule has 0 spiro atoms. The van der Waals surface area contributed by atoms with Crippen LogP contribution in [0, 0.1) is 0 Å². The predicted octanol–water partition coefficient (Wildman–Crippen LogP) is 3.65. The highest BCUT2D eigenvalue weighted by Gasteiger charge is 2.36. The summed E-state index contributed by atoms with van der Waals surface area (Å²) >= 11 is 0.583. The molecule has 2 rings (SSSR count). The molecular weight excluding hydrogens is 287 g/mol. The number of hydrogen-bond acceptors (Lipinski definition) is 4. The van der Waals surface area contributed by atoms with Gasteiger partial charge in [0.05, 0.1) is 6.04 Å². The van der Waals surface area contributed by atoms with Crippen LogP contribution >= 0.6 is 11.3 Å². The van der Waals surface area contributed by atoms with Crippen LogP contribution in [0.15, 0.2) is 30.3 Å². The van der Waals surface area contributed by atoms with E-state index >= 15 is 0 Å². The van der Waals surface area contributed by atoms with Crippen molar-refractivity contribution < 1.29 is 13.2 Å². The molecule has 3 nitrogen and oxygen atoms in total. The molecule has 0 aliphatic heterocycles. The van der Waals surface area contributed by atoms with Crippen molar-refractivity contribution in [2.75, 3.05) is 6.54 Å². The smallest absolute Gasteiger partial charge is 0.304 e. The summed E-state index contributed by atoms with van der Waals surface area (Å²) in [5.74, 6) is 0. The van der Waals surface area contributed by atoms with E-state index in [2.05, 4.69) is 15.5 Å². The van der Waals surface area contributed by atoms with Crippen LogP contribution in [0.2, 0.25) is 0 Å². The number of alkyl halides is 3. The molecular formula is C13H14F3N3S. The molecule has 0 aliphatic carbocycles. The summed E-state index contributed by atoms with van der Waals surface area (Å²) in [5.41, 5.74) is 0.880. The highest BCUT2D eigenvalue weighted by Crippen LogP contribution is 2.34. The van der Waals surface area contributed by atoms with E-state index in [1.54, 1.807) is 0 Å². The Kier molecular flexibility index (Phi) is 4.72. The molecule has 20 heavy (non-hydrogen) atoms. The van der Waals surface area contributed by atoms with Crippen LogP contribution in [-0.4, -0.2) is 16.7 Å². The zero-order chi connectivity index (χ0) is 14.6. The van der Waals surface area contributed by atoms with E-state index in [-0.39, 0.29) is 6.04 Å². The summed E-state index contributed by atoms with van der Waals surface area (Å²) in [6, 6.07) is 8.93. The number of nitrogens with zero attached hydrogens (tertiary/aromatic N) is 2. The first kappa shape index (κ1) is 14.9. The predicted molar refractivity (Wildman–Crippen MR) is 71.5 cm³/mol. The van der Waals surface area contributed by atoms with Crippen molar-refractivity contribution in [3.8, 4) is 0 Å². The summed E-state index contributed by atoms with van der Waals surface area (Å²) in [6.07, 6.45) is -3.56. The SMILES string of the molecule is CCCNC(c1ccccc1)c1nnc(C(F)(F)F)s1. The molecule has 0 bridgehead atoms. The maximum atomic E-state index is 12.6. The number of rotatable bonds is 5. The minimum atomic E-state index is -4.44. The Bertz CT molecular complexity index is 539. The number of aromatic nitrogens is 2. The average molecular weight is 301 g/mol. The van der Waals surface area contributed by atoms with Crippen molar-refractivity contribution in [1.29, 1.82) is 0 Å². The number of nitrogens with one attached hydrogen (secondary N) is 1. The average Bonchev–Trinajstić information content (AvgIpc) is 2.90. The Morgan fingerprint density at radius 3 is 2.45 bits per heavy atom. The second-order valence-electron chi connectivity index (χ2n) is 4.24. The van der Waals surface area contributed by atoms with Gasteiger partial charge in [-0.25, -0.2) is 0 Å². The first-order valence-corrected chi connectivity index (χ1v) is 7.03. The monoisotopic (exact) mass is 301 g/mol. The van der Waals surface area contributed by atoms with Crippen LogP contribution in [0.5, 0.6) is 0 Å². The zero-order valence-electron chi connectivity index (χ0n) is 10.8. The molecule has 108 valence electrons. The van der Waals surface area contributed by atoms with Crippen molar-refractivity contribution in [2.24, 2.45) is 0 Å². The van der Waals surface area contributed by atoms with E-state index in [4.69, 9.17) is 0 Å². The lowest BCUT2D eigenvalue weighted by Crippen LogP contribution is -2.23. The van der Waals surface area contributed by atoms with Gasteiger partial charge in [0.2, 0.25) is 5.01 Å². The molecule has 0 fully saturated rings. The fourth-order valence-corrected chi connectivity index (χ4v) is 2.56. The molecule has 0 amide bonds. The first-order valence-electron chi connectivity index (χ1n) is 6.21. The third-order valence-corrected chi connectivity index (χ3v) is 3.69. The Hall–Kier alpha value is -1.47. The van der Waals surface area contributed by atoms with Crippen molar-refractivity contribution in [3.63, 3.8) is 0 Å². The second kappa shape index (κ2) is 6.32. The number of hydrogen-bond donors (Lipinski definition) is 1. The van der Waals surface area contributed by atoms with Gasteiger partial charge in [-0.15, -0.1) is 10.2 Å². The van der Waals surface area contributed by atoms with E-state index in [1.807, 2.05) is 37.3 Å². The standard InChI is InChI=1S/C13H14F3N3S/c1-2-8-17-10(9-6-4-3-5-7-9)11-18-19-12(20-11)13(14,15)16/h3-7,10,17H,2,8H2,1H3. The summed E-state index contributed by atoms with van der Waals surface area (Å²) in [5, 5.41) is 9.57. The number of benzene rings is 1. The van der Waals surface area contributed by atoms with E-state index in [0.29, 0.717) is 22.9 Å². The molecule has 1 aromatic carbocycles. The normalized spacial score (nSPS) is 13.4. The maximum absolute atomic E-state index is 12.6. The summed E-state index contributed by atoms with van der Waals surface area (Å²) in [4.78, 5) is 0. The van der Waals surface area contributed by atoms with E-state index in [0.717, 1.165) is 12.0 Å². The van der Waals surface area contributed by atoms with Gasteiger partial charge in [-0.2, -0.15) is 13.2 Å². The van der Waals surface area contributed by atoms with Crippen LogP contribution in [0.25, 0.3) is 0 Å². The Morgan fingerprint density at radius 1 is 1.20 bits per heavy atom. The van der Waals surface area contributed by atoms with Crippen LogP contribution in [0.1, 0.15) is 35.0 Å². The quantitative estimate of drug-likeness (QED) is 0.916. The van der Waals surface area contributed by atoms with Gasteiger partial charge in [-0.1, -0.05) is 48.6 Å². The van der Waals surface area contributed by atoms with Gasteiger partial charge in [0.1, 0.15) is 5.01 Å². The molecule has 1 aromatic heterocycles. The third kappa shape index (κ3) is 3.55.